The summed E-state index contributed by atoms with van der Waals surface area (Å²) in [6.07, 6.45) is 8.46. The standard InChI is InChI=1S/C14H14N4OS3/c1-20-6-10-17-18-14(19-10)22-13-11-8-4-2-3-5-9(8)21-12(11)15-7-16-13/h7H,2-6H2,1H3. The van der Waals surface area contributed by atoms with Crippen LogP contribution >= 0.6 is 34.9 Å². The van der Waals surface area contributed by atoms with Crippen molar-refractivity contribution in [2.75, 3.05) is 6.26 Å². The van der Waals surface area contributed by atoms with E-state index in [4.69, 9.17) is 4.42 Å². The van der Waals surface area contributed by atoms with Crippen LogP contribution in [0.4, 0.5) is 0 Å². The van der Waals surface area contributed by atoms with Crippen LogP contribution in [0.25, 0.3) is 10.2 Å². The lowest BCUT2D eigenvalue weighted by Gasteiger charge is -2.10. The number of aryl methyl sites for hydroxylation is 2. The zero-order chi connectivity index (χ0) is 14.9. The number of hydrogen-bond acceptors (Lipinski definition) is 8. The van der Waals surface area contributed by atoms with Crippen molar-refractivity contribution in [3.8, 4) is 0 Å². The van der Waals surface area contributed by atoms with E-state index in [1.54, 1.807) is 29.4 Å². The average molecular weight is 350 g/mol. The van der Waals surface area contributed by atoms with Gasteiger partial charge in [0.25, 0.3) is 5.22 Å². The van der Waals surface area contributed by atoms with Gasteiger partial charge in [-0.05, 0) is 49.3 Å². The number of thiophene rings is 1. The zero-order valence-corrected chi connectivity index (χ0v) is 14.5. The smallest absolute Gasteiger partial charge is 0.282 e. The summed E-state index contributed by atoms with van der Waals surface area (Å²) in [6.45, 7) is 0. The Balaban J connectivity index is 1.72. The van der Waals surface area contributed by atoms with Crippen LogP contribution in [0.2, 0.25) is 0 Å². The van der Waals surface area contributed by atoms with Crippen molar-refractivity contribution in [1.82, 2.24) is 20.2 Å². The van der Waals surface area contributed by atoms with E-state index in [0.717, 1.165) is 22.0 Å². The summed E-state index contributed by atoms with van der Waals surface area (Å²) in [5, 5.41) is 10.8. The summed E-state index contributed by atoms with van der Waals surface area (Å²) >= 11 is 4.92. The van der Waals surface area contributed by atoms with Gasteiger partial charge >= 0.3 is 0 Å². The monoisotopic (exact) mass is 350 g/mol. The van der Waals surface area contributed by atoms with Crippen molar-refractivity contribution in [1.29, 1.82) is 0 Å². The molecule has 3 aromatic heterocycles. The summed E-state index contributed by atoms with van der Waals surface area (Å²) < 4.78 is 5.66. The van der Waals surface area contributed by atoms with Crippen LogP contribution < -0.4 is 0 Å². The number of aromatic nitrogens is 4. The minimum absolute atomic E-state index is 0.555. The molecule has 0 spiro atoms. The summed E-state index contributed by atoms with van der Waals surface area (Å²) in [4.78, 5) is 11.5. The van der Waals surface area contributed by atoms with Crippen molar-refractivity contribution >= 4 is 45.1 Å². The molecule has 0 atom stereocenters. The summed E-state index contributed by atoms with van der Waals surface area (Å²) in [5.41, 5.74) is 1.43. The molecular formula is C14H14N4OS3. The van der Waals surface area contributed by atoms with Gasteiger partial charge in [-0.3, -0.25) is 0 Å². The molecule has 22 heavy (non-hydrogen) atoms. The van der Waals surface area contributed by atoms with Gasteiger partial charge in [0.2, 0.25) is 5.89 Å². The van der Waals surface area contributed by atoms with Gasteiger partial charge < -0.3 is 4.42 Å². The SMILES string of the molecule is CSCc1nnc(Sc2ncnc3sc4c(c23)CCCC4)o1. The van der Waals surface area contributed by atoms with Crippen LogP contribution in [-0.2, 0) is 18.6 Å². The minimum atomic E-state index is 0.555. The minimum Gasteiger partial charge on any atom is -0.415 e. The van der Waals surface area contributed by atoms with Crippen LogP contribution in [0.1, 0.15) is 29.2 Å². The maximum Gasteiger partial charge on any atom is 0.282 e. The van der Waals surface area contributed by atoms with E-state index < -0.39 is 0 Å². The van der Waals surface area contributed by atoms with Gasteiger partial charge in [0.1, 0.15) is 16.2 Å². The summed E-state index contributed by atoms with van der Waals surface area (Å²) in [6, 6.07) is 0. The maximum atomic E-state index is 5.66. The Morgan fingerprint density at radius 1 is 1.23 bits per heavy atom. The number of hydrogen-bond donors (Lipinski definition) is 0. The van der Waals surface area contributed by atoms with Crippen LogP contribution in [0.15, 0.2) is 21.0 Å². The first-order valence-corrected chi connectivity index (χ1v) is 10.1. The van der Waals surface area contributed by atoms with Crippen molar-refractivity contribution in [3.05, 3.63) is 22.7 Å². The van der Waals surface area contributed by atoms with Crippen molar-refractivity contribution < 1.29 is 4.42 Å². The molecule has 0 amide bonds. The van der Waals surface area contributed by atoms with E-state index in [2.05, 4.69) is 20.2 Å². The molecule has 0 saturated heterocycles. The van der Waals surface area contributed by atoms with E-state index in [1.165, 1.54) is 46.9 Å². The fourth-order valence-electron chi connectivity index (χ4n) is 2.68. The summed E-state index contributed by atoms with van der Waals surface area (Å²) in [7, 11) is 0. The Bertz CT molecular complexity index is 814. The Morgan fingerprint density at radius 3 is 3.05 bits per heavy atom. The van der Waals surface area contributed by atoms with Gasteiger partial charge in [0, 0.05) is 10.3 Å². The highest BCUT2D eigenvalue weighted by atomic mass is 32.2. The molecule has 0 aromatic carbocycles. The van der Waals surface area contributed by atoms with Crippen LogP contribution in [-0.4, -0.2) is 26.4 Å². The van der Waals surface area contributed by atoms with E-state index in [1.807, 2.05) is 6.26 Å². The molecule has 0 saturated carbocycles. The van der Waals surface area contributed by atoms with Gasteiger partial charge in [0.05, 0.1) is 5.75 Å². The number of fused-ring (bicyclic) bond motifs is 3. The molecule has 0 bridgehead atoms. The molecule has 1 aliphatic rings. The molecule has 8 heteroatoms. The highest BCUT2D eigenvalue weighted by molar-refractivity contribution is 7.99. The van der Waals surface area contributed by atoms with Gasteiger partial charge in [-0.15, -0.1) is 21.5 Å². The molecular weight excluding hydrogens is 336 g/mol. The van der Waals surface area contributed by atoms with E-state index in [9.17, 15) is 0 Å². The first kappa shape index (κ1) is 14.5. The van der Waals surface area contributed by atoms with E-state index in [0.29, 0.717) is 11.1 Å². The molecule has 0 aliphatic heterocycles. The van der Waals surface area contributed by atoms with Crippen LogP contribution in [0.5, 0.6) is 0 Å². The number of rotatable bonds is 4. The summed E-state index contributed by atoms with van der Waals surface area (Å²) in [5.74, 6) is 1.40. The third kappa shape index (κ3) is 2.63. The highest BCUT2D eigenvalue weighted by Crippen LogP contribution is 2.40. The lowest BCUT2D eigenvalue weighted by atomic mass is 9.97. The molecule has 4 rings (SSSR count). The Kier molecular flexibility index (Phi) is 4.06. The number of nitrogens with zero attached hydrogens (tertiary/aromatic N) is 4. The second kappa shape index (κ2) is 6.17. The Labute approximate surface area is 140 Å². The number of thioether (sulfide) groups is 1. The lowest BCUT2D eigenvalue weighted by Crippen LogP contribution is -1.98. The van der Waals surface area contributed by atoms with Crippen LogP contribution in [0, 0.1) is 0 Å². The molecule has 5 nitrogen and oxygen atoms in total. The second-order valence-corrected chi connectivity index (χ2v) is 7.96. The Morgan fingerprint density at radius 2 is 2.14 bits per heavy atom. The van der Waals surface area contributed by atoms with Gasteiger partial charge in [-0.25, -0.2) is 9.97 Å². The predicted octanol–water partition coefficient (Wildman–Crippen LogP) is 3.97. The van der Waals surface area contributed by atoms with Crippen molar-refractivity contribution in [3.63, 3.8) is 0 Å². The highest BCUT2D eigenvalue weighted by Gasteiger charge is 2.21. The molecule has 3 aromatic rings. The molecule has 0 unspecified atom stereocenters. The second-order valence-electron chi connectivity index (χ2n) is 5.07. The zero-order valence-electron chi connectivity index (χ0n) is 12.0. The first-order chi connectivity index (χ1) is 10.8. The molecule has 0 radical (unpaired) electrons. The van der Waals surface area contributed by atoms with Gasteiger partial charge in [0.15, 0.2) is 0 Å². The molecule has 3 heterocycles. The lowest BCUT2D eigenvalue weighted by molar-refractivity contribution is 0.426. The van der Waals surface area contributed by atoms with Crippen molar-refractivity contribution in [2.24, 2.45) is 0 Å². The largest absolute Gasteiger partial charge is 0.415 e. The van der Waals surface area contributed by atoms with E-state index in [-0.39, 0.29) is 0 Å². The van der Waals surface area contributed by atoms with E-state index >= 15 is 0 Å². The fraction of sp³-hybridized carbons (Fsp3) is 0.429. The molecule has 114 valence electrons. The third-order valence-corrected chi connectivity index (χ3v) is 6.19. The quantitative estimate of drug-likeness (QED) is 0.660. The first-order valence-electron chi connectivity index (χ1n) is 7.09. The Hall–Kier alpha value is -1.12. The topological polar surface area (TPSA) is 64.7 Å². The fourth-order valence-corrected chi connectivity index (χ4v) is 5.15. The third-order valence-electron chi connectivity index (χ3n) is 3.62. The maximum absolute atomic E-state index is 5.66. The van der Waals surface area contributed by atoms with Gasteiger partial charge in [-0.2, -0.15) is 11.8 Å². The molecule has 0 N–H and O–H groups in total. The predicted molar refractivity (Wildman–Crippen MR) is 89.7 cm³/mol. The van der Waals surface area contributed by atoms with Gasteiger partial charge in [-0.1, -0.05) is 0 Å². The molecule has 0 fully saturated rings. The molecule has 1 aliphatic carbocycles. The van der Waals surface area contributed by atoms with Crippen molar-refractivity contribution in [2.45, 2.75) is 41.7 Å². The van der Waals surface area contributed by atoms with Crippen LogP contribution in [0.3, 0.4) is 0 Å². The average Bonchev–Trinajstić information content (AvgIpc) is 3.12. The normalized spacial score (nSPS) is 14.4.